The van der Waals surface area contributed by atoms with Gasteiger partial charge >= 0.3 is 5.97 Å². The molecule has 6 heteroatoms. The Morgan fingerprint density at radius 1 is 1.47 bits per heavy atom. The highest BCUT2D eigenvalue weighted by Gasteiger charge is 2.01. The molecule has 19 heavy (non-hydrogen) atoms. The molecule has 1 N–H and O–H groups in total. The Bertz CT molecular complexity index is 541. The van der Waals surface area contributed by atoms with Crippen molar-refractivity contribution in [3.05, 3.63) is 23.7 Å². The number of aromatic nitrogens is 1. The van der Waals surface area contributed by atoms with E-state index in [1.54, 1.807) is 18.3 Å². The Labute approximate surface area is 115 Å². The SMILES string of the molecule is CCOC(=O)COCCNc1ccc2ncsc2c1. The van der Waals surface area contributed by atoms with Crippen LogP contribution in [0, 0.1) is 0 Å². The van der Waals surface area contributed by atoms with E-state index in [1.165, 1.54) is 0 Å². The molecule has 1 aromatic carbocycles. The number of fused-ring (bicyclic) bond motifs is 1. The molecule has 1 heterocycles. The van der Waals surface area contributed by atoms with Crippen LogP contribution in [0.1, 0.15) is 6.92 Å². The quantitative estimate of drug-likeness (QED) is 0.623. The maximum absolute atomic E-state index is 11.0. The predicted molar refractivity (Wildman–Crippen MR) is 75.6 cm³/mol. The first-order chi connectivity index (χ1) is 9.29. The summed E-state index contributed by atoms with van der Waals surface area (Å²) in [5.74, 6) is -0.325. The minimum absolute atomic E-state index is 0.00337. The summed E-state index contributed by atoms with van der Waals surface area (Å²) in [4.78, 5) is 15.2. The number of nitrogens with one attached hydrogen (secondary N) is 1. The summed E-state index contributed by atoms with van der Waals surface area (Å²) in [7, 11) is 0. The number of hydrogen-bond donors (Lipinski definition) is 1. The first kappa shape index (κ1) is 13.8. The Morgan fingerprint density at radius 2 is 2.37 bits per heavy atom. The average Bonchev–Trinajstić information content (AvgIpc) is 2.86. The molecule has 0 spiro atoms. The summed E-state index contributed by atoms with van der Waals surface area (Å²) < 4.78 is 11.1. The molecule has 2 rings (SSSR count). The third-order valence-corrected chi connectivity index (χ3v) is 3.22. The average molecular weight is 280 g/mol. The molecule has 0 radical (unpaired) electrons. The molecule has 0 unspecified atom stereocenters. The van der Waals surface area contributed by atoms with Crippen molar-refractivity contribution in [2.24, 2.45) is 0 Å². The fraction of sp³-hybridized carbons (Fsp3) is 0.385. The molecule has 0 aliphatic heterocycles. The van der Waals surface area contributed by atoms with Crippen molar-refractivity contribution in [3.8, 4) is 0 Å². The van der Waals surface area contributed by atoms with Gasteiger partial charge in [-0.2, -0.15) is 0 Å². The van der Waals surface area contributed by atoms with E-state index in [1.807, 2.05) is 17.6 Å². The molecule has 0 aliphatic rings. The molecule has 0 bridgehead atoms. The van der Waals surface area contributed by atoms with Gasteiger partial charge in [-0.25, -0.2) is 9.78 Å². The topological polar surface area (TPSA) is 60.5 Å². The minimum atomic E-state index is -0.325. The Morgan fingerprint density at radius 3 is 3.21 bits per heavy atom. The van der Waals surface area contributed by atoms with E-state index < -0.39 is 0 Å². The van der Waals surface area contributed by atoms with Gasteiger partial charge in [0, 0.05) is 12.2 Å². The van der Waals surface area contributed by atoms with Crippen LogP contribution in [-0.4, -0.2) is 37.3 Å². The first-order valence-corrected chi connectivity index (χ1v) is 6.98. The van der Waals surface area contributed by atoms with E-state index in [2.05, 4.69) is 16.4 Å². The molecule has 102 valence electrons. The smallest absolute Gasteiger partial charge is 0.332 e. The highest BCUT2D eigenvalue weighted by molar-refractivity contribution is 7.16. The fourth-order valence-corrected chi connectivity index (χ4v) is 2.31. The summed E-state index contributed by atoms with van der Waals surface area (Å²) in [5.41, 5.74) is 3.86. The Hall–Kier alpha value is -1.66. The predicted octanol–water partition coefficient (Wildman–Crippen LogP) is 2.29. The lowest BCUT2D eigenvalue weighted by Gasteiger charge is -2.07. The summed E-state index contributed by atoms with van der Waals surface area (Å²) in [5, 5.41) is 3.23. The largest absolute Gasteiger partial charge is 0.464 e. The minimum Gasteiger partial charge on any atom is -0.464 e. The van der Waals surface area contributed by atoms with Crippen molar-refractivity contribution in [3.63, 3.8) is 0 Å². The second-order valence-electron chi connectivity index (χ2n) is 3.82. The van der Waals surface area contributed by atoms with Gasteiger partial charge in [0.05, 0.1) is 28.9 Å². The van der Waals surface area contributed by atoms with E-state index in [0.717, 1.165) is 15.9 Å². The van der Waals surface area contributed by atoms with E-state index in [0.29, 0.717) is 19.8 Å². The maximum Gasteiger partial charge on any atom is 0.332 e. The number of benzene rings is 1. The molecular formula is C13H16N2O3S. The molecular weight excluding hydrogens is 264 g/mol. The van der Waals surface area contributed by atoms with Crippen molar-refractivity contribution < 1.29 is 14.3 Å². The second kappa shape index (κ2) is 7.06. The molecule has 0 fully saturated rings. The Balaban J connectivity index is 1.69. The van der Waals surface area contributed by atoms with Gasteiger partial charge < -0.3 is 14.8 Å². The zero-order valence-corrected chi connectivity index (χ0v) is 11.5. The van der Waals surface area contributed by atoms with Crippen molar-refractivity contribution in [2.45, 2.75) is 6.92 Å². The van der Waals surface area contributed by atoms with Crippen LogP contribution in [0.4, 0.5) is 5.69 Å². The second-order valence-corrected chi connectivity index (χ2v) is 4.71. The van der Waals surface area contributed by atoms with Crippen molar-refractivity contribution in [1.82, 2.24) is 4.98 Å². The number of ether oxygens (including phenoxy) is 2. The number of carbonyl (C=O) groups excluding carboxylic acids is 1. The third-order valence-electron chi connectivity index (χ3n) is 2.43. The van der Waals surface area contributed by atoms with Crippen LogP contribution in [0.3, 0.4) is 0 Å². The zero-order valence-electron chi connectivity index (χ0n) is 10.7. The van der Waals surface area contributed by atoms with E-state index in [4.69, 9.17) is 9.47 Å². The highest BCUT2D eigenvalue weighted by Crippen LogP contribution is 2.21. The van der Waals surface area contributed by atoms with Crippen molar-refractivity contribution in [2.75, 3.05) is 31.7 Å². The van der Waals surface area contributed by atoms with Gasteiger partial charge in [-0.05, 0) is 25.1 Å². The summed E-state index contributed by atoms with van der Waals surface area (Å²) >= 11 is 1.61. The third kappa shape index (κ3) is 4.18. The van der Waals surface area contributed by atoms with Crippen LogP contribution >= 0.6 is 11.3 Å². The number of carbonyl (C=O) groups is 1. The molecule has 1 aromatic heterocycles. The van der Waals surface area contributed by atoms with Gasteiger partial charge in [0.15, 0.2) is 0 Å². The number of rotatable bonds is 7. The van der Waals surface area contributed by atoms with Crippen molar-refractivity contribution >= 4 is 33.2 Å². The van der Waals surface area contributed by atoms with Crippen LogP contribution in [0.5, 0.6) is 0 Å². The van der Waals surface area contributed by atoms with Crippen molar-refractivity contribution in [1.29, 1.82) is 0 Å². The van der Waals surface area contributed by atoms with Gasteiger partial charge in [0.2, 0.25) is 0 Å². The maximum atomic E-state index is 11.0. The van der Waals surface area contributed by atoms with Crippen LogP contribution in [-0.2, 0) is 14.3 Å². The van der Waals surface area contributed by atoms with Gasteiger partial charge in [0.1, 0.15) is 6.61 Å². The van der Waals surface area contributed by atoms with Crippen LogP contribution < -0.4 is 5.32 Å². The molecule has 0 aliphatic carbocycles. The number of esters is 1. The molecule has 5 nitrogen and oxygen atoms in total. The summed E-state index contributed by atoms with van der Waals surface area (Å²) in [6.45, 7) is 3.26. The van der Waals surface area contributed by atoms with Gasteiger partial charge in [-0.1, -0.05) is 0 Å². The highest BCUT2D eigenvalue weighted by atomic mass is 32.1. The number of nitrogens with zero attached hydrogens (tertiary/aromatic N) is 1. The first-order valence-electron chi connectivity index (χ1n) is 6.10. The van der Waals surface area contributed by atoms with E-state index in [-0.39, 0.29) is 12.6 Å². The monoisotopic (exact) mass is 280 g/mol. The zero-order chi connectivity index (χ0) is 13.5. The fourth-order valence-electron chi connectivity index (χ4n) is 1.59. The number of thiazole rings is 1. The molecule has 0 saturated heterocycles. The summed E-state index contributed by atoms with van der Waals surface area (Å²) in [6, 6.07) is 6.01. The van der Waals surface area contributed by atoms with E-state index >= 15 is 0 Å². The molecule has 0 amide bonds. The standard InChI is InChI=1S/C13H16N2O3S/c1-2-18-13(16)8-17-6-5-14-10-3-4-11-12(7-10)19-9-15-11/h3-4,7,9,14H,2,5-6,8H2,1H3. The molecule has 0 saturated carbocycles. The van der Waals surface area contributed by atoms with E-state index in [9.17, 15) is 4.79 Å². The van der Waals surface area contributed by atoms with Crippen LogP contribution in [0.25, 0.3) is 10.2 Å². The lowest BCUT2D eigenvalue weighted by molar-refractivity contribution is -0.148. The normalized spacial score (nSPS) is 10.6. The van der Waals surface area contributed by atoms with Crippen LogP contribution in [0.2, 0.25) is 0 Å². The van der Waals surface area contributed by atoms with Gasteiger partial charge in [0.25, 0.3) is 0 Å². The van der Waals surface area contributed by atoms with Gasteiger partial charge in [-0.3, -0.25) is 0 Å². The molecule has 0 atom stereocenters. The number of hydrogen-bond acceptors (Lipinski definition) is 6. The summed E-state index contributed by atoms with van der Waals surface area (Å²) in [6.07, 6.45) is 0. The lowest BCUT2D eigenvalue weighted by Crippen LogP contribution is -2.16. The van der Waals surface area contributed by atoms with Gasteiger partial charge in [-0.15, -0.1) is 11.3 Å². The lowest BCUT2D eigenvalue weighted by atomic mass is 10.3. The van der Waals surface area contributed by atoms with Crippen LogP contribution in [0.15, 0.2) is 23.7 Å². The Kier molecular flexibility index (Phi) is 5.11. The molecule has 2 aromatic rings. The number of anilines is 1.